The van der Waals surface area contributed by atoms with Crippen LogP contribution >= 0.6 is 0 Å². The number of carbonyl (C=O) groups excluding carboxylic acids is 1. The molecular formula is C14H9F3O2. The van der Waals surface area contributed by atoms with Crippen molar-refractivity contribution in [3.05, 3.63) is 65.0 Å². The van der Waals surface area contributed by atoms with Gasteiger partial charge in [-0.2, -0.15) is 0 Å². The Morgan fingerprint density at radius 3 is 2.42 bits per heavy atom. The highest BCUT2D eigenvalue weighted by Gasteiger charge is 2.08. The summed E-state index contributed by atoms with van der Waals surface area (Å²) < 4.78 is 44.4. The van der Waals surface area contributed by atoms with Crippen LogP contribution in [0.25, 0.3) is 0 Å². The molecule has 0 aliphatic heterocycles. The third kappa shape index (κ3) is 3.13. The Bertz CT molecular complexity index is 612. The molecule has 0 bridgehead atoms. The molecule has 0 heterocycles. The van der Waals surface area contributed by atoms with Crippen molar-refractivity contribution in [2.75, 3.05) is 0 Å². The molecule has 98 valence electrons. The lowest BCUT2D eigenvalue weighted by atomic mass is 10.2. The lowest BCUT2D eigenvalue weighted by Gasteiger charge is -2.09. The number of hydrogen-bond acceptors (Lipinski definition) is 2. The number of halogens is 3. The second kappa shape index (κ2) is 5.56. The van der Waals surface area contributed by atoms with Crippen LogP contribution in [0.2, 0.25) is 0 Å². The summed E-state index contributed by atoms with van der Waals surface area (Å²) in [5, 5.41) is 0. The zero-order valence-corrected chi connectivity index (χ0v) is 9.70. The summed E-state index contributed by atoms with van der Waals surface area (Å²) in [6.45, 7) is -0.254. The minimum absolute atomic E-state index is 0.0109. The van der Waals surface area contributed by atoms with Crippen molar-refractivity contribution in [1.29, 1.82) is 0 Å². The summed E-state index contributed by atoms with van der Waals surface area (Å²) in [4.78, 5) is 10.7. The van der Waals surface area contributed by atoms with E-state index in [1.807, 2.05) is 0 Å². The third-order valence-corrected chi connectivity index (χ3v) is 2.49. The van der Waals surface area contributed by atoms with Gasteiger partial charge in [0, 0.05) is 5.56 Å². The molecule has 5 heteroatoms. The summed E-state index contributed by atoms with van der Waals surface area (Å²) in [6.07, 6.45) is 0.431. The van der Waals surface area contributed by atoms with E-state index >= 15 is 0 Å². The molecule has 0 fully saturated rings. The molecule has 0 spiro atoms. The molecule has 0 saturated heterocycles. The van der Waals surface area contributed by atoms with E-state index in [-0.39, 0.29) is 23.5 Å². The van der Waals surface area contributed by atoms with E-state index in [1.54, 1.807) is 0 Å². The molecule has 0 amide bonds. The van der Waals surface area contributed by atoms with Gasteiger partial charge in [-0.05, 0) is 36.4 Å². The Morgan fingerprint density at radius 2 is 1.68 bits per heavy atom. The van der Waals surface area contributed by atoms with Crippen molar-refractivity contribution in [2.24, 2.45) is 0 Å². The first-order valence-corrected chi connectivity index (χ1v) is 5.41. The zero-order chi connectivity index (χ0) is 13.8. The average Bonchev–Trinajstić information content (AvgIpc) is 2.40. The molecule has 0 N–H and O–H groups in total. The van der Waals surface area contributed by atoms with Gasteiger partial charge in [0.15, 0.2) is 6.29 Å². The molecule has 0 aromatic heterocycles. The quantitative estimate of drug-likeness (QED) is 0.792. The predicted octanol–water partition coefficient (Wildman–Crippen LogP) is 3.50. The number of rotatable bonds is 4. The Balaban J connectivity index is 2.18. The number of hydrogen-bond donors (Lipinski definition) is 0. The normalized spacial score (nSPS) is 10.3. The monoisotopic (exact) mass is 266 g/mol. The van der Waals surface area contributed by atoms with Gasteiger partial charge >= 0.3 is 0 Å². The molecule has 0 atom stereocenters. The molecule has 2 nitrogen and oxygen atoms in total. The van der Waals surface area contributed by atoms with Crippen molar-refractivity contribution < 1.29 is 22.7 Å². The van der Waals surface area contributed by atoms with Crippen molar-refractivity contribution >= 4 is 6.29 Å². The molecule has 2 rings (SSSR count). The van der Waals surface area contributed by atoms with Gasteiger partial charge < -0.3 is 4.74 Å². The highest BCUT2D eigenvalue weighted by molar-refractivity contribution is 5.79. The first-order valence-electron chi connectivity index (χ1n) is 5.41. The first kappa shape index (κ1) is 13.1. The molecule has 2 aromatic carbocycles. The van der Waals surface area contributed by atoms with Crippen LogP contribution in [0, 0.1) is 17.5 Å². The van der Waals surface area contributed by atoms with Crippen LogP contribution in [0.5, 0.6) is 5.75 Å². The van der Waals surface area contributed by atoms with E-state index < -0.39 is 17.5 Å². The number of benzene rings is 2. The Kier molecular flexibility index (Phi) is 3.85. The summed E-state index contributed by atoms with van der Waals surface area (Å²) in [5.41, 5.74) is 0.0259. The lowest BCUT2D eigenvalue weighted by molar-refractivity contribution is 0.111. The molecule has 0 radical (unpaired) electrons. The van der Waals surface area contributed by atoms with Gasteiger partial charge in [-0.15, -0.1) is 0 Å². The fourth-order valence-corrected chi connectivity index (χ4v) is 1.55. The summed E-state index contributed by atoms with van der Waals surface area (Å²) in [5.74, 6) is -1.67. The van der Waals surface area contributed by atoms with Gasteiger partial charge in [0.2, 0.25) is 0 Å². The van der Waals surface area contributed by atoms with Gasteiger partial charge in [-0.1, -0.05) is 0 Å². The van der Waals surface area contributed by atoms with Crippen molar-refractivity contribution in [2.45, 2.75) is 6.61 Å². The minimum atomic E-state index is -0.615. The average molecular weight is 266 g/mol. The van der Waals surface area contributed by atoms with Crippen LogP contribution < -0.4 is 4.74 Å². The Labute approximate surface area is 107 Å². The number of ether oxygens (including phenoxy) is 1. The van der Waals surface area contributed by atoms with Crippen LogP contribution in [0.4, 0.5) is 13.2 Å². The Hall–Kier alpha value is -2.30. The zero-order valence-electron chi connectivity index (χ0n) is 9.70. The molecule has 2 aromatic rings. The molecule has 0 unspecified atom stereocenters. The van der Waals surface area contributed by atoms with Gasteiger partial charge in [0.05, 0.1) is 5.56 Å². The van der Waals surface area contributed by atoms with Crippen molar-refractivity contribution in [1.82, 2.24) is 0 Å². The van der Waals surface area contributed by atoms with E-state index in [2.05, 4.69) is 0 Å². The smallest absolute Gasteiger partial charge is 0.153 e. The van der Waals surface area contributed by atoms with Crippen LogP contribution in [-0.4, -0.2) is 6.29 Å². The number of aldehydes is 1. The second-order valence-electron chi connectivity index (χ2n) is 3.82. The highest BCUT2D eigenvalue weighted by atomic mass is 19.1. The maximum atomic E-state index is 13.3. The summed E-state index contributed by atoms with van der Waals surface area (Å²) >= 11 is 0. The van der Waals surface area contributed by atoms with Gasteiger partial charge in [-0.3, -0.25) is 4.79 Å². The van der Waals surface area contributed by atoms with E-state index in [0.29, 0.717) is 6.29 Å². The fourth-order valence-electron chi connectivity index (χ4n) is 1.55. The van der Waals surface area contributed by atoms with Gasteiger partial charge in [0.25, 0.3) is 0 Å². The highest BCUT2D eigenvalue weighted by Crippen LogP contribution is 2.20. The summed E-state index contributed by atoms with van der Waals surface area (Å²) in [7, 11) is 0. The topological polar surface area (TPSA) is 26.3 Å². The first-order chi connectivity index (χ1) is 9.10. The van der Waals surface area contributed by atoms with Crippen LogP contribution in [-0.2, 0) is 6.61 Å². The van der Waals surface area contributed by atoms with Crippen LogP contribution in [0.1, 0.15) is 15.9 Å². The van der Waals surface area contributed by atoms with Crippen LogP contribution in [0.3, 0.4) is 0 Å². The number of carbonyl (C=O) groups is 1. The summed E-state index contributed by atoms with van der Waals surface area (Å²) in [6, 6.07) is 6.36. The van der Waals surface area contributed by atoms with E-state index in [4.69, 9.17) is 4.74 Å². The lowest BCUT2D eigenvalue weighted by Crippen LogP contribution is -2.01. The van der Waals surface area contributed by atoms with E-state index in [9.17, 15) is 18.0 Å². The molecule has 0 saturated carbocycles. The second-order valence-corrected chi connectivity index (χ2v) is 3.82. The molecule has 0 aliphatic rings. The minimum Gasteiger partial charge on any atom is -0.488 e. The standard InChI is InChI=1S/C14H9F3O2/c15-11-1-3-13(17)10(6-11)8-19-14-4-2-12(16)5-9(14)7-18/h1-7H,8H2. The van der Waals surface area contributed by atoms with Crippen LogP contribution in [0.15, 0.2) is 36.4 Å². The molecule has 0 aliphatic carbocycles. The van der Waals surface area contributed by atoms with Gasteiger partial charge in [-0.25, -0.2) is 13.2 Å². The SMILES string of the molecule is O=Cc1cc(F)ccc1OCc1cc(F)ccc1F. The van der Waals surface area contributed by atoms with Crippen molar-refractivity contribution in [3.63, 3.8) is 0 Å². The fraction of sp³-hybridized carbons (Fsp3) is 0.0714. The van der Waals surface area contributed by atoms with E-state index in [0.717, 1.165) is 30.3 Å². The maximum Gasteiger partial charge on any atom is 0.153 e. The molecule has 19 heavy (non-hydrogen) atoms. The van der Waals surface area contributed by atoms with Crippen molar-refractivity contribution in [3.8, 4) is 5.75 Å². The third-order valence-electron chi connectivity index (χ3n) is 2.49. The Morgan fingerprint density at radius 1 is 1.00 bits per heavy atom. The van der Waals surface area contributed by atoms with Gasteiger partial charge in [0.1, 0.15) is 29.8 Å². The maximum absolute atomic E-state index is 13.3. The molecular weight excluding hydrogens is 257 g/mol. The predicted molar refractivity (Wildman–Crippen MR) is 62.5 cm³/mol. The van der Waals surface area contributed by atoms with E-state index in [1.165, 1.54) is 6.07 Å². The largest absolute Gasteiger partial charge is 0.488 e.